The van der Waals surface area contributed by atoms with Crippen LogP contribution in [0.3, 0.4) is 0 Å². The highest BCUT2D eigenvalue weighted by Gasteiger charge is 2.17. The number of nitrogens with zero attached hydrogens (tertiary/aromatic N) is 2. The maximum atomic E-state index is 2.56. The Kier molecular flexibility index (Phi) is 4.27. The van der Waals surface area contributed by atoms with Crippen molar-refractivity contribution in [3.63, 3.8) is 0 Å². The SMILES string of the molecule is CC(C)CC1=CC(N2CCN(C)CC2)=CCC1. The summed E-state index contributed by atoms with van der Waals surface area (Å²) < 4.78 is 0. The summed E-state index contributed by atoms with van der Waals surface area (Å²) in [7, 11) is 2.21. The first-order valence-electron chi connectivity index (χ1n) is 6.98. The Labute approximate surface area is 106 Å². The van der Waals surface area contributed by atoms with Crippen LogP contribution in [-0.4, -0.2) is 43.0 Å². The third-order valence-corrected chi connectivity index (χ3v) is 3.71. The molecule has 17 heavy (non-hydrogen) atoms. The second-order valence-corrected chi connectivity index (χ2v) is 5.86. The molecule has 2 heteroatoms. The predicted octanol–water partition coefficient (Wildman–Crippen LogP) is 2.88. The second kappa shape index (κ2) is 5.72. The summed E-state index contributed by atoms with van der Waals surface area (Å²) in [6.45, 7) is 9.40. The van der Waals surface area contributed by atoms with Gasteiger partial charge in [0.25, 0.3) is 0 Å². The van der Waals surface area contributed by atoms with Crippen LogP contribution in [0.2, 0.25) is 0 Å². The lowest BCUT2D eigenvalue weighted by atomic mass is 9.94. The van der Waals surface area contributed by atoms with Crippen LogP contribution in [0.1, 0.15) is 33.1 Å². The van der Waals surface area contributed by atoms with E-state index in [1.807, 2.05) is 0 Å². The smallest absolute Gasteiger partial charge is 0.0326 e. The van der Waals surface area contributed by atoms with Crippen molar-refractivity contribution in [2.75, 3.05) is 33.2 Å². The molecule has 1 aliphatic heterocycles. The molecule has 0 N–H and O–H groups in total. The summed E-state index contributed by atoms with van der Waals surface area (Å²) in [5, 5.41) is 0. The molecule has 0 radical (unpaired) electrons. The predicted molar refractivity (Wildman–Crippen MR) is 73.9 cm³/mol. The minimum Gasteiger partial charge on any atom is -0.369 e. The van der Waals surface area contributed by atoms with Crippen molar-refractivity contribution >= 4 is 0 Å². The van der Waals surface area contributed by atoms with Gasteiger partial charge in [0.05, 0.1) is 0 Å². The van der Waals surface area contributed by atoms with E-state index < -0.39 is 0 Å². The fourth-order valence-corrected chi connectivity index (χ4v) is 2.72. The zero-order valence-electron chi connectivity index (χ0n) is 11.6. The highest BCUT2D eigenvalue weighted by atomic mass is 15.2. The molecule has 0 aromatic carbocycles. The van der Waals surface area contributed by atoms with Gasteiger partial charge in [0.1, 0.15) is 0 Å². The number of rotatable bonds is 3. The molecule has 1 saturated heterocycles. The van der Waals surface area contributed by atoms with Gasteiger partial charge in [-0.2, -0.15) is 0 Å². The van der Waals surface area contributed by atoms with Gasteiger partial charge in [0.15, 0.2) is 0 Å². The molecule has 0 saturated carbocycles. The Hall–Kier alpha value is -0.760. The lowest BCUT2D eigenvalue weighted by Gasteiger charge is -2.36. The van der Waals surface area contributed by atoms with Gasteiger partial charge in [-0.25, -0.2) is 0 Å². The Morgan fingerprint density at radius 2 is 1.88 bits per heavy atom. The average molecular weight is 234 g/mol. The quantitative estimate of drug-likeness (QED) is 0.741. The molecular formula is C15H26N2. The summed E-state index contributed by atoms with van der Waals surface area (Å²) in [6, 6.07) is 0. The van der Waals surface area contributed by atoms with Gasteiger partial charge in [0, 0.05) is 31.9 Å². The number of hydrogen-bond donors (Lipinski definition) is 0. The maximum Gasteiger partial charge on any atom is 0.0326 e. The molecule has 1 fully saturated rings. The fourth-order valence-electron chi connectivity index (χ4n) is 2.72. The van der Waals surface area contributed by atoms with Gasteiger partial charge in [-0.1, -0.05) is 25.5 Å². The normalized spacial score (nSPS) is 22.7. The van der Waals surface area contributed by atoms with Crippen molar-refractivity contribution in [3.8, 4) is 0 Å². The summed E-state index contributed by atoms with van der Waals surface area (Å²) in [4.78, 5) is 4.97. The van der Waals surface area contributed by atoms with Crippen molar-refractivity contribution in [1.29, 1.82) is 0 Å². The van der Waals surface area contributed by atoms with E-state index in [9.17, 15) is 0 Å². The monoisotopic (exact) mass is 234 g/mol. The van der Waals surface area contributed by atoms with Gasteiger partial charge < -0.3 is 9.80 Å². The lowest BCUT2D eigenvalue weighted by Crippen LogP contribution is -2.43. The van der Waals surface area contributed by atoms with E-state index in [-0.39, 0.29) is 0 Å². The largest absolute Gasteiger partial charge is 0.369 e. The highest BCUT2D eigenvalue weighted by Crippen LogP contribution is 2.25. The first kappa shape index (κ1) is 12.7. The van der Waals surface area contributed by atoms with E-state index in [0.717, 1.165) is 5.92 Å². The molecule has 0 spiro atoms. The number of allylic oxidation sites excluding steroid dienone is 3. The van der Waals surface area contributed by atoms with Crippen LogP contribution < -0.4 is 0 Å². The zero-order chi connectivity index (χ0) is 12.3. The molecule has 2 nitrogen and oxygen atoms in total. The molecule has 1 heterocycles. The van der Waals surface area contributed by atoms with Crippen LogP contribution in [0, 0.1) is 5.92 Å². The molecule has 0 unspecified atom stereocenters. The van der Waals surface area contributed by atoms with Crippen molar-refractivity contribution in [1.82, 2.24) is 9.80 Å². The molecule has 1 aliphatic carbocycles. The van der Waals surface area contributed by atoms with E-state index in [4.69, 9.17) is 0 Å². The molecule has 96 valence electrons. The maximum absolute atomic E-state index is 2.56. The van der Waals surface area contributed by atoms with Crippen LogP contribution in [0.15, 0.2) is 23.4 Å². The molecular weight excluding hydrogens is 208 g/mol. The van der Waals surface area contributed by atoms with E-state index in [0.29, 0.717) is 0 Å². The Morgan fingerprint density at radius 3 is 2.53 bits per heavy atom. The molecule has 0 bridgehead atoms. The second-order valence-electron chi connectivity index (χ2n) is 5.86. The molecule has 0 amide bonds. The van der Waals surface area contributed by atoms with Gasteiger partial charge in [0.2, 0.25) is 0 Å². The fraction of sp³-hybridized carbons (Fsp3) is 0.733. The molecule has 2 rings (SSSR count). The van der Waals surface area contributed by atoms with Gasteiger partial charge in [-0.15, -0.1) is 0 Å². The van der Waals surface area contributed by atoms with E-state index >= 15 is 0 Å². The van der Waals surface area contributed by atoms with Crippen LogP contribution in [-0.2, 0) is 0 Å². The van der Waals surface area contributed by atoms with Crippen LogP contribution >= 0.6 is 0 Å². The van der Waals surface area contributed by atoms with E-state index in [1.54, 1.807) is 5.57 Å². The van der Waals surface area contributed by atoms with Crippen LogP contribution in [0.4, 0.5) is 0 Å². The van der Waals surface area contributed by atoms with E-state index in [2.05, 4.69) is 42.8 Å². The summed E-state index contributed by atoms with van der Waals surface area (Å²) >= 11 is 0. The summed E-state index contributed by atoms with van der Waals surface area (Å²) in [5.41, 5.74) is 3.14. The van der Waals surface area contributed by atoms with Crippen LogP contribution in [0.5, 0.6) is 0 Å². The van der Waals surface area contributed by atoms with Gasteiger partial charge >= 0.3 is 0 Å². The highest BCUT2D eigenvalue weighted by molar-refractivity contribution is 5.27. The minimum absolute atomic E-state index is 0.785. The number of piperazine rings is 1. The Balaban J connectivity index is 1.96. The Morgan fingerprint density at radius 1 is 1.18 bits per heavy atom. The van der Waals surface area contributed by atoms with E-state index in [1.165, 1.54) is 51.1 Å². The topological polar surface area (TPSA) is 6.48 Å². The van der Waals surface area contributed by atoms with Gasteiger partial charge in [-0.05, 0) is 38.3 Å². The Bertz CT molecular complexity index is 307. The number of hydrogen-bond acceptors (Lipinski definition) is 2. The zero-order valence-corrected chi connectivity index (χ0v) is 11.6. The number of likely N-dealkylation sites (N-methyl/N-ethyl adjacent to an activating group) is 1. The van der Waals surface area contributed by atoms with Crippen molar-refractivity contribution in [2.24, 2.45) is 5.92 Å². The first-order valence-corrected chi connectivity index (χ1v) is 6.98. The summed E-state index contributed by atoms with van der Waals surface area (Å²) in [5.74, 6) is 0.785. The van der Waals surface area contributed by atoms with Gasteiger partial charge in [-0.3, -0.25) is 0 Å². The lowest BCUT2D eigenvalue weighted by molar-refractivity contribution is 0.189. The molecule has 0 aromatic rings. The van der Waals surface area contributed by atoms with Crippen molar-refractivity contribution in [3.05, 3.63) is 23.4 Å². The average Bonchev–Trinajstić information content (AvgIpc) is 2.29. The minimum atomic E-state index is 0.785. The third kappa shape index (κ3) is 3.60. The first-order chi connectivity index (χ1) is 8.15. The molecule has 0 aromatic heterocycles. The summed E-state index contributed by atoms with van der Waals surface area (Å²) in [6.07, 6.45) is 8.66. The van der Waals surface area contributed by atoms with Crippen molar-refractivity contribution < 1.29 is 0 Å². The van der Waals surface area contributed by atoms with Crippen molar-refractivity contribution in [2.45, 2.75) is 33.1 Å². The molecule has 0 atom stereocenters. The third-order valence-electron chi connectivity index (χ3n) is 3.71. The standard InChI is InChI=1S/C15H26N2/c1-13(2)11-14-5-4-6-15(12-14)17-9-7-16(3)8-10-17/h6,12-13H,4-5,7-11H2,1-3H3. The van der Waals surface area contributed by atoms with Crippen LogP contribution in [0.25, 0.3) is 0 Å². The molecule has 2 aliphatic rings.